The summed E-state index contributed by atoms with van der Waals surface area (Å²) in [6.45, 7) is 3.12. The monoisotopic (exact) mass is 215 g/mol. The first-order valence-corrected chi connectivity index (χ1v) is 5.73. The topological polar surface area (TPSA) is 53.0 Å². The first-order chi connectivity index (χ1) is 7.72. The summed E-state index contributed by atoms with van der Waals surface area (Å²) in [6, 6.07) is 10.8. The van der Waals surface area contributed by atoms with Crippen LogP contribution >= 0.6 is 0 Å². The predicted octanol–water partition coefficient (Wildman–Crippen LogP) is 1.87. The molecule has 1 aromatic carbocycles. The van der Waals surface area contributed by atoms with Crippen molar-refractivity contribution >= 4 is 5.69 Å². The zero-order valence-electron chi connectivity index (χ0n) is 9.56. The highest BCUT2D eigenvalue weighted by Gasteiger charge is 2.24. The highest BCUT2D eigenvalue weighted by atomic mass is 15.2. The third kappa shape index (κ3) is 2.02. The van der Waals surface area contributed by atoms with Crippen molar-refractivity contribution in [2.24, 2.45) is 5.73 Å². The number of piperidine rings is 1. The number of para-hydroxylation sites is 1. The van der Waals surface area contributed by atoms with Gasteiger partial charge in [0.15, 0.2) is 0 Å². The van der Waals surface area contributed by atoms with Crippen molar-refractivity contribution in [1.82, 2.24) is 0 Å². The van der Waals surface area contributed by atoms with E-state index in [1.54, 1.807) is 0 Å². The molecule has 0 aromatic heterocycles. The summed E-state index contributed by atoms with van der Waals surface area (Å²) in [5, 5.41) is 9.09. The molecule has 3 heteroatoms. The Morgan fingerprint density at radius 3 is 2.88 bits per heavy atom. The summed E-state index contributed by atoms with van der Waals surface area (Å²) in [6.07, 6.45) is 2.00. The van der Waals surface area contributed by atoms with Crippen LogP contribution in [0.2, 0.25) is 0 Å². The molecule has 2 atom stereocenters. The SMILES string of the molecule is CC1CC(N)CCN1c1ccccc1C#N. The van der Waals surface area contributed by atoms with E-state index in [2.05, 4.69) is 17.9 Å². The lowest BCUT2D eigenvalue weighted by Gasteiger charge is -2.38. The highest BCUT2D eigenvalue weighted by Crippen LogP contribution is 2.26. The molecule has 3 nitrogen and oxygen atoms in total. The van der Waals surface area contributed by atoms with Crippen LogP contribution in [0, 0.1) is 11.3 Å². The van der Waals surface area contributed by atoms with Crippen molar-refractivity contribution in [1.29, 1.82) is 5.26 Å². The van der Waals surface area contributed by atoms with Gasteiger partial charge in [0.2, 0.25) is 0 Å². The van der Waals surface area contributed by atoms with Crippen molar-refractivity contribution in [2.75, 3.05) is 11.4 Å². The second-order valence-corrected chi connectivity index (χ2v) is 4.46. The lowest BCUT2D eigenvalue weighted by molar-refractivity contribution is 0.429. The Hall–Kier alpha value is -1.53. The maximum atomic E-state index is 9.09. The summed E-state index contributed by atoms with van der Waals surface area (Å²) >= 11 is 0. The fraction of sp³-hybridized carbons (Fsp3) is 0.462. The maximum absolute atomic E-state index is 9.09. The molecule has 1 aliphatic rings. The molecule has 0 spiro atoms. The minimum atomic E-state index is 0.306. The van der Waals surface area contributed by atoms with E-state index >= 15 is 0 Å². The average Bonchev–Trinajstić information content (AvgIpc) is 2.29. The fourth-order valence-electron chi connectivity index (χ4n) is 2.39. The number of nitrogens with zero attached hydrogens (tertiary/aromatic N) is 2. The molecular weight excluding hydrogens is 198 g/mol. The molecule has 2 rings (SSSR count). The molecule has 84 valence electrons. The van der Waals surface area contributed by atoms with E-state index in [0.29, 0.717) is 12.1 Å². The van der Waals surface area contributed by atoms with E-state index < -0.39 is 0 Å². The van der Waals surface area contributed by atoms with Gasteiger partial charge in [-0.05, 0) is 31.9 Å². The van der Waals surface area contributed by atoms with E-state index in [1.165, 1.54) is 0 Å². The number of benzene rings is 1. The summed E-state index contributed by atoms with van der Waals surface area (Å²) in [7, 11) is 0. The minimum Gasteiger partial charge on any atom is -0.368 e. The van der Waals surface area contributed by atoms with Gasteiger partial charge in [-0.25, -0.2) is 0 Å². The van der Waals surface area contributed by atoms with Crippen LogP contribution in [0.3, 0.4) is 0 Å². The Bertz CT molecular complexity index is 408. The van der Waals surface area contributed by atoms with Gasteiger partial charge < -0.3 is 10.6 Å². The van der Waals surface area contributed by atoms with Crippen LogP contribution in [0.5, 0.6) is 0 Å². The largest absolute Gasteiger partial charge is 0.368 e. The van der Waals surface area contributed by atoms with Crippen molar-refractivity contribution in [3.05, 3.63) is 29.8 Å². The Kier molecular flexibility index (Phi) is 3.12. The van der Waals surface area contributed by atoms with Gasteiger partial charge >= 0.3 is 0 Å². The number of rotatable bonds is 1. The van der Waals surface area contributed by atoms with Crippen molar-refractivity contribution in [2.45, 2.75) is 31.8 Å². The summed E-state index contributed by atoms with van der Waals surface area (Å²) in [5.41, 5.74) is 7.74. The van der Waals surface area contributed by atoms with Crippen molar-refractivity contribution in [3.8, 4) is 6.07 Å². The van der Waals surface area contributed by atoms with E-state index in [-0.39, 0.29) is 0 Å². The molecule has 1 aromatic rings. The van der Waals surface area contributed by atoms with Crippen LogP contribution < -0.4 is 10.6 Å². The Morgan fingerprint density at radius 1 is 1.44 bits per heavy atom. The molecule has 16 heavy (non-hydrogen) atoms. The fourth-order valence-corrected chi connectivity index (χ4v) is 2.39. The normalized spacial score (nSPS) is 25.2. The van der Waals surface area contributed by atoms with Gasteiger partial charge in [-0.15, -0.1) is 0 Å². The minimum absolute atomic E-state index is 0.306. The van der Waals surface area contributed by atoms with Gasteiger partial charge in [-0.2, -0.15) is 5.26 Å². The standard InChI is InChI=1S/C13H17N3/c1-10-8-12(15)6-7-16(10)13-5-3-2-4-11(13)9-14/h2-5,10,12H,6-8,15H2,1H3. The maximum Gasteiger partial charge on any atom is 0.101 e. The first kappa shape index (κ1) is 11.0. The van der Waals surface area contributed by atoms with E-state index in [0.717, 1.165) is 30.6 Å². The molecule has 2 unspecified atom stereocenters. The van der Waals surface area contributed by atoms with Gasteiger partial charge in [-0.3, -0.25) is 0 Å². The van der Waals surface area contributed by atoms with E-state index in [9.17, 15) is 0 Å². The molecule has 0 saturated carbocycles. The second-order valence-electron chi connectivity index (χ2n) is 4.46. The average molecular weight is 215 g/mol. The second kappa shape index (κ2) is 4.54. The van der Waals surface area contributed by atoms with Crippen LogP contribution in [0.4, 0.5) is 5.69 Å². The van der Waals surface area contributed by atoms with Gasteiger partial charge in [-0.1, -0.05) is 12.1 Å². The molecule has 1 heterocycles. The zero-order valence-corrected chi connectivity index (χ0v) is 9.56. The van der Waals surface area contributed by atoms with Crippen LogP contribution in [0.1, 0.15) is 25.3 Å². The Balaban J connectivity index is 2.27. The number of anilines is 1. The van der Waals surface area contributed by atoms with Gasteiger partial charge in [0.25, 0.3) is 0 Å². The molecule has 1 saturated heterocycles. The third-order valence-corrected chi connectivity index (χ3v) is 3.25. The molecule has 0 amide bonds. The predicted molar refractivity (Wildman–Crippen MR) is 65.2 cm³/mol. The van der Waals surface area contributed by atoms with Crippen molar-refractivity contribution in [3.63, 3.8) is 0 Å². The molecule has 1 aliphatic heterocycles. The molecule has 2 N–H and O–H groups in total. The third-order valence-electron chi connectivity index (χ3n) is 3.25. The van der Waals surface area contributed by atoms with E-state index in [1.807, 2.05) is 24.3 Å². The van der Waals surface area contributed by atoms with Crippen LogP contribution in [-0.2, 0) is 0 Å². The lowest BCUT2D eigenvalue weighted by Crippen LogP contribution is -2.45. The summed E-state index contributed by atoms with van der Waals surface area (Å²) < 4.78 is 0. The quantitative estimate of drug-likeness (QED) is 0.778. The van der Waals surface area contributed by atoms with Gasteiger partial charge in [0.05, 0.1) is 11.3 Å². The Labute approximate surface area is 96.5 Å². The van der Waals surface area contributed by atoms with Gasteiger partial charge in [0.1, 0.15) is 6.07 Å². The molecule has 1 fully saturated rings. The van der Waals surface area contributed by atoms with Crippen LogP contribution in [-0.4, -0.2) is 18.6 Å². The smallest absolute Gasteiger partial charge is 0.101 e. The van der Waals surface area contributed by atoms with Crippen molar-refractivity contribution < 1.29 is 0 Å². The molecule has 0 radical (unpaired) electrons. The van der Waals surface area contributed by atoms with Crippen LogP contribution in [0.25, 0.3) is 0 Å². The molecule has 0 aliphatic carbocycles. The number of nitrogens with two attached hydrogens (primary N) is 1. The summed E-state index contributed by atoms with van der Waals surface area (Å²) in [5.74, 6) is 0. The summed E-state index contributed by atoms with van der Waals surface area (Å²) in [4.78, 5) is 2.29. The first-order valence-electron chi connectivity index (χ1n) is 5.73. The number of nitriles is 1. The molecular formula is C13H17N3. The molecule has 0 bridgehead atoms. The number of hydrogen-bond acceptors (Lipinski definition) is 3. The van der Waals surface area contributed by atoms with Crippen LogP contribution in [0.15, 0.2) is 24.3 Å². The zero-order chi connectivity index (χ0) is 11.5. The van der Waals surface area contributed by atoms with Gasteiger partial charge in [0, 0.05) is 18.6 Å². The number of hydrogen-bond donors (Lipinski definition) is 1. The lowest BCUT2D eigenvalue weighted by atomic mass is 9.97. The Morgan fingerprint density at radius 2 is 2.19 bits per heavy atom. The highest BCUT2D eigenvalue weighted by molar-refractivity contribution is 5.60. The van der Waals surface area contributed by atoms with E-state index in [4.69, 9.17) is 11.0 Å².